The lowest BCUT2D eigenvalue weighted by molar-refractivity contribution is -0.136. The number of halogens is 1. The third-order valence-corrected chi connectivity index (χ3v) is 3.09. The molecule has 1 aromatic carbocycles. The highest BCUT2D eigenvalue weighted by Crippen LogP contribution is 2.33. The number of phenols is 1. The van der Waals surface area contributed by atoms with Crippen molar-refractivity contribution in [2.75, 3.05) is 0 Å². The van der Waals surface area contributed by atoms with E-state index in [1.165, 1.54) is 0 Å². The monoisotopic (exact) mass is 272 g/mol. The van der Waals surface area contributed by atoms with E-state index in [1.54, 1.807) is 0 Å². The van der Waals surface area contributed by atoms with Crippen molar-refractivity contribution in [2.45, 2.75) is 26.7 Å². The molecule has 4 heteroatoms. The molecule has 0 aliphatic rings. The third-order valence-electron chi connectivity index (χ3n) is 2.49. The van der Waals surface area contributed by atoms with Crippen molar-refractivity contribution >= 4 is 21.9 Å². The molecule has 0 amide bonds. The minimum Gasteiger partial charge on any atom is -0.506 e. The van der Waals surface area contributed by atoms with E-state index in [2.05, 4.69) is 15.9 Å². The van der Waals surface area contributed by atoms with Crippen LogP contribution in [0.3, 0.4) is 0 Å². The lowest BCUT2D eigenvalue weighted by Crippen LogP contribution is -2.01. The number of aryl methyl sites for hydroxylation is 1. The number of hydrogen-bond acceptors (Lipinski definition) is 2. The van der Waals surface area contributed by atoms with Gasteiger partial charge in [0.25, 0.3) is 0 Å². The summed E-state index contributed by atoms with van der Waals surface area (Å²) in [5.74, 6) is -0.703. The standard InChI is InChI=1S/C11H13BrO3/c1-6-5-9(12)11(15)8(7(6)2)3-4-10(13)14/h5,15H,3-4H2,1-2H3,(H,13,14). The molecule has 0 saturated heterocycles. The van der Waals surface area contributed by atoms with Crippen LogP contribution in [0.25, 0.3) is 0 Å². The first-order chi connectivity index (χ1) is 6.93. The van der Waals surface area contributed by atoms with Crippen LogP contribution in [0.2, 0.25) is 0 Å². The Labute approximate surface area is 96.9 Å². The molecule has 2 N–H and O–H groups in total. The van der Waals surface area contributed by atoms with Crippen molar-refractivity contribution in [1.82, 2.24) is 0 Å². The second kappa shape index (κ2) is 4.66. The van der Waals surface area contributed by atoms with E-state index in [9.17, 15) is 9.90 Å². The Morgan fingerprint density at radius 1 is 1.47 bits per heavy atom. The number of aliphatic carboxylic acids is 1. The Hall–Kier alpha value is -1.03. The molecule has 82 valence electrons. The molecular weight excluding hydrogens is 260 g/mol. The summed E-state index contributed by atoms with van der Waals surface area (Å²) in [5, 5.41) is 18.4. The highest BCUT2D eigenvalue weighted by molar-refractivity contribution is 9.10. The van der Waals surface area contributed by atoms with Crippen LogP contribution in [-0.4, -0.2) is 16.2 Å². The van der Waals surface area contributed by atoms with Crippen LogP contribution in [0, 0.1) is 13.8 Å². The molecule has 0 radical (unpaired) electrons. The van der Waals surface area contributed by atoms with E-state index >= 15 is 0 Å². The first kappa shape index (κ1) is 12.0. The zero-order valence-electron chi connectivity index (χ0n) is 8.67. The molecular formula is C11H13BrO3. The molecule has 0 bridgehead atoms. The first-order valence-corrected chi connectivity index (χ1v) is 5.42. The highest BCUT2D eigenvalue weighted by Gasteiger charge is 2.12. The van der Waals surface area contributed by atoms with Gasteiger partial charge in [-0.1, -0.05) is 0 Å². The highest BCUT2D eigenvalue weighted by atomic mass is 79.9. The Bertz CT molecular complexity index is 373. The molecule has 0 unspecified atom stereocenters. The number of aromatic hydroxyl groups is 1. The molecule has 15 heavy (non-hydrogen) atoms. The molecule has 0 atom stereocenters. The fourth-order valence-corrected chi connectivity index (χ4v) is 2.05. The van der Waals surface area contributed by atoms with Crippen LogP contribution >= 0.6 is 15.9 Å². The zero-order valence-corrected chi connectivity index (χ0v) is 10.3. The Kier molecular flexibility index (Phi) is 3.74. The quantitative estimate of drug-likeness (QED) is 0.890. The van der Waals surface area contributed by atoms with Crippen molar-refractivity contribution < 1.29 is 15.0 Å². The van der Waals surface area contributed by atoms with Crippen LogP contribution in [-0.2, 0) is 11.2 Å². The minimum atomic E-state index is -0.855. The minimum absolute atomic E-state index is 0.0320. The summed E-state index contributed by atoms with van der Waals surface area (Å²) in [7, 11) is 0. The molecule has 1 aromatic rings. The van der Waals surface area contributed by atoms with Crippen LogP contribution in [0.15, 0.2) is 10.5 Å². The van der Waals surface area contributed by atoms with E-state index in [1.807, 2.05) is 19.9 Å². The number of hydrogen-bond donors (Lipinski definition) is 2. The van der Waals surface area contributed by atoms with Crippen molar-refractivity contribution in [3.8, 4) is 5.75 Å². The van der Waals surface area contributed by atoms with Gasteiger partial charge in [-0.05, 0) is 59.0 Å². The van der Waals surface area contributed by atoms with Gasteiger partial charge in [0.15, 0.2) is 0 Å². The zero-order chi connectivity index (χ0) is 11.6. The van der Waals surface area contributed by atoms with Gasteiger partial charge in [0.2, 0.25) is 0 Å². The average molecular weight is 273 g/mol. The smallest absolute Gasteiger partial charge is 0.303 e. The van der Waals surface area contributed by atoms with Crippen LogP contribution in [0.5, 0.6) is 5.75 Å². The summed E-state index contributed by atoms with van der Waals surface area (Å²) in [5.41, 5.74) is 2.71. The van der Waals surface area contributed by atoms with Gasteiger partial charge in [-0.25, -0.2) is 0 Å². The van der Waals surface area contributed by atoms with Gasteiger partial charge in [0.05, 0.1) is 4.47 Å². The van der Waals surface area contributed by atoms with Gasteiger partial charge in [-0.3, -0.25) is 4.79 Å². The summed E-state index contributed by atoms with van der Waals surface area (Å²) < 4.78 is 0.617. The van der Waals surface area contributed by atoms with E-state index in [0.29, 0.717) is 16.5 Å². The van der Waals surface area contributed by atoms with Gasteiger partial charge in [-0.15, -0.1) is 0 Å². The largest absolute Gasteiger partial charge is 0.506 e. The van der Waals surface area contributed by atoms with Gasteiger partial charge >= 0.3 is 5.97 Å². The van der Waals surface area contributed by atoms with Gasteiger partial charge in [-0.2, -0.15) is 0 Å². The fourth-order valence-electron chi connectivity index (χ4n) is 1.46. The lowest BCUT2D eigenvalue weighted by Gasteiger charge is -2.11. The maximum absolute atomic E-state index is 10.5. The maximum Gasteiger partial charge on any atom is 0.303 e. The number of benzene rings is 1. The van der Waals surface area contributed by atoms with Crippen molar-refractivity contribution in [3.05, 3.63) is 27.2 Å². The molecule has 0 saturated carbocycles. The number of phenolic OH excluding ortho intramolecular Hbond substituents is 1. The van der Waals surface area contributed by atoms with Gasteiger partial charge in [0.1, 0.15) is 5.75 Å². The average Bonchev–Trinajstić information content (AvgIpc) is 2.14. The van der Waals surface area contributed by atoms with Crippen LogP contribution < -0.4 is 0 Å². The molecule has 1 rings (SSSR count). The SMILES string of the molecule is Cc1cc(Br)c(O)c(CCC(=O)O)c1C. The molecule has 0 aliphatic heterocycles. The van der Waals surface area contributed by atoms with Crippen molar-refractivity contribution in [1.29, 1.82) is 0 Å². The first-order valence-electron chi connectivity index (χ1n) is 4.62. The normalized spacial score (nSPS) is 10.3. The van der Waals surface area contributed by atoms with Gasteiger partial charge in [0, 0.05) is 6.42 Å². The molecule has 0 fully saturated rings. The number of rotatable bonds is 3. The lowest BCUT2D eigenvalue weighted by atomic mass is 9.98. The second-order valence-electron chi connectivity index (χ2n) is 3.52. The molecule has 0 aromatic heterocycles. The third kappa shape index (κ3) is 2.72. The summed E-state index contributed by atoms with van der Waals surface area (Å²) in [6.45, 7) is 3.82. The summed E-state index contributed by atoms with van der Waals surface area (Å²) in [4.78, 5) is 10.5. The van der Waals surface area contributed by atoms with Crippen LogP contribution in [0.4, 0.5) is 0 Å². The second-order valence-corrected chi connectivity index (χ2v) is 4.38. The fraction of sp³-hybridized carbons (Fsp3) is 0.364. The van der Waals surface area contributed by atoms with Crippen molar-refractivity contribution in [2.24, 2.45) is 0 Å². The molecule has 3 nitrogen and oxygen atoms in total. The number of carboxylic acid groups (broad SMARTS) is 1. The Morgan fingerprint density at radius 2 is 2.07 bits per heavy atom. The molecule has 0 aliphatic carbocycles. The van der Waals surface area contributed by atoms with Gasteiger partial charge < -0.3 is 10.2 Å². The van der Waals surface area contributed by atoms with Crippen LogP contribution in [0.1, 0.15) is 23.1 Å². The van der Waals surface area contributed by atoms with E-state index in [-0.39, 0.29) is 12.2 Å². The Morgan fingerprint density at radius 3 is 2.60 bits per heavy atom. The predicted octanol–water partition coefficient (Wildman–Crippen LogP) is 2.79. The summed E-state index contributed by atoms with van der Waals surface area (Å²) >= 11 is 3.24. The summed E-state index contributed by atoms with van der Waals surface area (Å²) in [6.07, 6.45) is 0.386. The number of carboxylic acids is 1. The van der Waals surface area contributed by atoms with E-state index < -0.39 is 5.97 Å². The van der Waals surface area contributed by atoms with E-state index in [4.69, 9.17) is 5.11 Å². The molecule has 0 spiro atoms. The number of carbonyl (C=O) groups is 1. The molecule has 0 heterocycles. The van der Waals surface area contributed by atoms with Crippen molar-refractivity contribution in [3.63, 3.8) is 0 Å². The maximum atomic E-state index is 10.5. The predicted molar refractivity (Wildman–Crippen MR) is 61.2 cm³/mol. The Balaban J connectivity index is 3.09. The van der Waals surface area contributed by atoms with E-state index in [0.717, 1.165) is 11.1 Å². The summed E-state index contributed by atoms with van der Waals surface area (Å²) in [6, 6.07) is 1.83. The topological polar surface area (TPSA) is 57.5 Å².